The predicted molar refractivity (Wildman–Crippen MR) is 73.3 cm³/mol. The van der Waals surface area contributed by atoms with Gasteiger partial charge in [0.1, 0.15) is 6.10 Å². The van der Waals surface area contributed by atoms with E-state index in [0.29, 0.717) is 12.5 Å². The van der Waals surface area contributed by atoms with E-state index in [1.807, 2.05) is 0 Å². The number of carbonyl (C=O) groups excluding carboxylic acids is 1. The van der Waals surface area contributed by atoms with E-state index in [-0.39, 0.29) is 23.4 Å². The number of amides is 1. The third kappa shape index (κ3) is 2.93. The maximum Gasteiger partial charge on any atom is 0.322 e. The number of nitrogens with one attached hydrogen (secondary N) is 1. The first-order chi connectivity index (χ1) is 10.6. The van der Waals surface area contributed by atoms with Crippen LogP contribution in [0.3, 0.4) is 0 Å². The molecule has 3 rings (SSSR count). The number of hydrogen-bond donors (Lipinski definition) is 1. The van der Waals surface area contributed by atoms with Crippen LogP contribution in [0, 0.1) is 10.1 Å². The van der Waals surface area contributed by atoms with Crippen LogP contribution in [0.1, 0.15) is 35.2 Å². The molecule has 9 nitrogen and oxygen atoms in total. The molecule has 1 amide bonds. The summed E-state index contributed by atoms with van der Waals surface area (Å²) < 4.78 is 10.7. The molecule has 114 valence electrons. The number of aromatic nitrogens is 2. The number of hydrogen-bond acceptors (Lipinski definition) is 7. The quantitative estimate of drug-likeness (QED) is 0.678. The molecule has 0 aliphatic carbocycles. The number of nitro benzene ring substituents is 1. The van der Waals surface area contributed by atoms with Crippen molar-refractivity contribution in [3.05, 3.63) is 45.8 Å². The fourth-order valence-corrected chi connectivity index (χ4v) is 2.12. The van der Waals surface area contributed by atoms with Crippen LogP contribution in [0.5, 0.6) is 0 Å². The molecule has 1 fully saturated rings. The molecule has 1 atom stereocenters. The van der Waals surface area contributed by atoms with E-state index in [4.69, 9.17) is 9.15 Å². The topological polar surface area (TPSA) is 120 Å². The van der Waals surface area contributed by atoms with Gasteiger partial charge in [0, 0.05) is 24.3 Å². The van der Waals surface area contributed by atoms with Crippen molar-refractivity contribution < 1.29 is 18.9 Å². The summed E-state index contributed by atoms with van der Waals surface area (Å²) in [6.07, 6.45) is 1.47. The smallest absolute Gasteiger partial charge is 0.322 e. The Kier molecular flexibility index (Phi) is 3.79. The minimum absolute atomic E-state index is 0.0676. The number of anilines is 1. The lowest BCUT2D eigenvalue weighted by atomic mass is 10.2. The molecule has 1 unspecified atom stereocenters. The van der Waals surface area contributed by atoms with Crippen molar-refractivity contribution in [2.75, 3.05) is 11.9 Å². The van der Waals surface area contributed by atoms with Crippen LogP contribution in [0.15, 0.2) is 28.7 Å². The minimum Gasteiger partial charge on any atom is -0.405 e. The molecule has 22 heavy (non-hydrogen) atoms. The molecule has 9 heteroatoms. The number of benzene rings is 1. The van der Waals surface area contributed by atoms with Gasteiger partial charge in [-0.1, -0.05) is 11.2 Å². The van der Waals surface area contributed by atoms with Gasteiger partial charge >= 0.3 is 6.01 Å². The van der Waals surface area contributed by atoms with Crippen LogP contribution in [0.4, 0.5) is 11.7 Å². The molecule has 1 aliphatic rings. The first-order valence-corrected chi connectivity index (χ1v) is 6.64. The van der Waals surface area contributed by atoms with E-state index in [0.717, 1.165) is 12.8 Å². The molecular weight excluding hydrogens is 292 g/mol. The van der Waals surface area contributed by atoms with Crippen LogP contribution in [-0.2, 0) is 4.74 Å². The monoisotopic (exact) mass is 304 g/mol. The van der Waals surface area contributed by atoms with Crippen LogP contribution < -0.4 is 5.32 Å². The Balaban J connectivity index is 1.71. The lowest BCUT2D eigenvalue weighted by molar-refractivity contribution is -0.384. The Bertz CT molecular complexity index is 708. The molecule has 0 bridgehead atoms. The largest absolute Gasteiger partial charge is 0.405 e. The summed E-state index contributed by atoms with van der Waals surface area (Å²) >= 11 is 0. The van der Waals surface area contributed by atoms with Gasteiger partial charge in [-0.2, -0.15) is 0 Å². The molecule has 0 saturated carbocycles. The Labute approximate surface area is 124 Å². The highest BCUT2D eigenvalue weighted by Gasteiger charge is 2.24. The molecule has 1 aliphatic heterocycles. The van der Waals surface area contributed by atoms with Crippen molar-refractivity contribution in [2.24, 2.45) is 0 Å². The zero-order valence-corrected chi connectivity index (χ0v) is 11.4. The van der Waals surface area contributed by atoms with Crippen LogP contribution in [0.25, 0.3) is 0 Å². The van der Waals surface area contributed by atoms with Gasteiger partial charge in [0.25, 0.3) is 11.6 Å². The van der Waals surface area contributed by atoms with E-state index in [1.54, 1.807) is 0 Å². The molecule has 2 heterocycles. The summed E-state index contributed by atoms with van der Waals surface area (Å²) in [6, 6.07) is 5.30. The molecular formula is C13H12N4O5. The SMILES string of the molecule is O=C(Nc1nnc(C2CCCO2)o1)c1cccc([N+](=O)[O-])c1. The molecule has 1 aromatic carbocycles. The summed E-state index contributed by atoms with van der Waals surface area (Å²) in [5.74, 6) is -0.252. The standard InChI is InChI=1S/C13H12N4O5/c18-11(8-3-1-4-9(7-8)17(19)20)14-13-16-15-12(22-13)10-5-2-6-21-10/h1,3-4,7,10H,2,5-6H2,(H,14,16,18). The Morgan fingerprint density at radius 3 is 3.00 bits per heavy atom. The van der Waals surface area contributed by atoms with Gasteiger partial charge < -0.3 is 9.15 Å². The van der Waals surface area contributed by atoms with Gasteiger partial charge in [-0.25, -0.2) is 0 Å². The summed E-state index contributed by atoms with van der Waals surface area (Å²) in [6.45, 7) is 0.641. The Hall–Kier alpha value is -2.81. The van der Waals surface area contributed by atoms with Crippen molar-refractivity contribution in [2.45, 2.75) is 18.9 Å². The van der Waals surface area contributed by atoms with Gasteiger partial charge in [0.05, 0.1) is 4.92 Å². The highest BCUT2D eigenvalue weighted by atomic mass is 16.6. The van der Waals surface area contributed by atoms with Crippen molar-refractivity contribution in [1.82, 2.24) is 10.2 Å². The number of non-ortho nitro benzene ring substituents is 1. The van der Waals surface area contributed by atoms with Crippen LogP contribution in [0.2, 0.25) is 0 Å². The second-order valence-corrected chi connectivity index (χ2v) is 4.71. The molecule has 0 spiro atoms. The highest BCUT2D eigenvalue weighted by molar-refractivity contribution is 6.03. The van der Waals surface area contributed by atoms with Crippen LogP contribution >= 0.6 is 0 Å². The molecule has 1 N–H and O–H groups in total. The average molecular weight is 304 g/mol. The summed E-state index contributed by atoms with van der Waals surface area (Å²) in [5.41, 5.74) is -0.0377. The van der Waals surface area contributed by atoms with E-state index in [9.17, 15) is 14.9 Å². The van der Waals surface area contributed by atoms with Crippen molar-refractivity contribution in [1.29, 1.82) is 0 Å². The van der Waals surface area contributed by atoms with Crippen LogP contribution in [-0.4, -0.2) is 27.6 Å². The lowest BCUT2D eigenvalue weighted by Gasteiger charge is -2.02. The number of nitrogens with zero attached hydrogens (tertiary/aromatic N) is 3. The fraction of sp³-hybridized carbons (Fsp3) is 0.308. The first-order valence-electron chi connectivity index (χ1n) is 6.64. The van der Waals surface area contributed by atoms with Gasteiger partial charge in [-0.15, -0.1) is 5.10 Å². The Morgan fingerprint density at radius 1 is 1.41 bits per heavy atom. The Morgan fingerprint density at radius 2 is 2.27 bits per heavy atom. The van der Waals surface area contributed by atoms with E-state index < -0.39 is 10.8 Å². The van der Waals surface area contributed by atoms with Gasteiger partial charge in [0.15, 0.2) is 0 Å². The maximum absolute atomic E-state index is 12.0. The third-order valence-electron chi connectivity index (χ3n) is 3.19. The molecule has 1 aromatic heterocycles. The number of carbonyl (C=O) groups is 1. The number of ether oxygens (including phenoxy) is 1. The second kappa shape index (κ2) is 5.90. The second-order valence-electron chi connectivity index (χ2n) is 4.71. The zero-order valence-electron chi connectivity index (χ0n) is 11.4. The lowest BCUT2D eigenvalue weighted by Crippen LogP contribution is -2.12. The zero-order chi connectivity index (χ0) is 15.5. The van der Waals surface area contributed by atoms with E-state index in [1.165, 1.54) is 24.3 Å². The minimum atomic E-state index is -0.570. The first kappa shape index (κ1) is 14.1. The maximum atomic E-state index is 12.0. The van der Waals surface area contributed by atoms with Gasteiger partial charge in [-0.05, 0) is 18.9 Å². The van der Waals surface area contributed by atoms with Crippen molar-refractivity contribution in [3.8, 4) is 0 Å². The number of nitro groups is 1. The third-order valence-corrected chi connectivity index (χ3v) is 3.19. The van der Waals surface area contributed by atoms with Gasteiger partial charge in [-0.3, -0.25) is 20.2 Å². The molecule has 2 aromatic rings. The molecule has 1 saturated heterocycles. The van der Waals surface area contributed by atoms with Crippen molar-refractivity contribution in [3.63, 3.8) is 0 Å². The predicted octanol–water partition coefficient (Wildman–Crippen LogP) is 2.08. The normalized spacial score (nSPS) is 17.4. The number of rotatable bonds is 4. The summed E-state index contributed by atoms with van der Waals surface area (Å²) in [5, 5.41) is 20.7. The molecule has 0 radical (unpaired) electrons. The summed E-state index contributed by atoms with van der Waals surface area (Å²) in [7, 11) is 0. The van der Waals surface area contributed by atoms with Gasteiger partial charge in [0.2, 0.25) is 5.89 Å². The highest BCUT2D eigenvalue weighted by Crippen LogP contribution is 2.28. The average Bonchev–Trinajstić information content (AvgIpc) is 3.18. The summed E-state index contributed by atoms with van der Waals surface area (Å²) in [4.78, 5) is 22.2. The fourth-order valence-electron chi connectivity index (χ4n) is 2.12. The van der Waals surface area contributed by atoms with E-state index >= 15 is 0 Å². The van der Waals surface area contributed by atoms with Crippen molar-refractivity contribution >= 4 is 17.6 Å². The van der Waals surface area contributed by atoms with E-state index in [2.05, 4.69) is 15.5 Å².